The molecule has 1 amide bonds. The van der Waals surface area contributed by atoms with E-state index in [1.54, 1.807) is 0 Å². The minimum absolute atomic E-state index is 0.0751. The highest BCUT2D eigenvalue weighted by Gasteiger charge is 2.11. The van der Waals surface area contributed by atoms with E-state index in [9.17, 15) is 4.79 Å². The number of aromatic nitrogens is 1. The minimum atomic E-state index is -0.0751. The predicted molar refractivity (Wildman–Crippen MR) is 108 cm³/mol. The molecule has 2 N–H and O–H groups in total. The Hall–Kier alpha value is -2.92. The number of nitrogens with one attached hydrogen (secondary N) is 2. The maximum Gasteiger partial charge on any atom is 0.238 e. The Labute approximate surface area is 154 Å². The van der Waals surface area contributed by atoms with Crippen molar-refractivity contribution in [3.63, 3.8) is 0 Å². The van der Waals surface area contributed by atoms with Crippen LogP contribution in [0.3, 0.4) is 0 Å². The first-order valence-electron chi connectivity index (χ1n) is 8.70. The van der Waals surface area contributed by atoms with Crippen LogP contribution in [-0.4, -0.2) is 31.5 Å². The van der Waals surface area contributed by atoms with E-state index in [4.69, 9.17) is 0 Å². The van der Waals surface area contributed by atoms with Crippen LogP contribution in [0.5, 0.6) is 0 Å². The van der Waals surface area contributed by atoms with Gasteiger partial charge in [-0.3, -0.25) is 4.79 Å². The normalized spacial score (nSPS) is 12.0. The van der Waals surface area contributed by atoms with E-state index in [0.717, 1.165) is 28.0 Å². The second-order valence-electron chi connectivity index (χ2n) is 6.50. The smallest absolute Gasteiger partial charge is 0.238 e. The van der Waals surface area contributed by atoms with Gasteiger partial charge in [0.05, 0.1) is 17.7 Å². The number of nitrogens with zero attached hydrogens (tertiary/aromatic N) is 2. The third-order valence-corrected chi connectivity index (χ3v) is 4.30. The van der Waals surface area contributed by atoms with E-state index in [0.29, 0.717) is 0 Å². The summed E-state index contributed by atoms with van der Waals surface area (Å²) in [6, 6.07) is 19.9. The zero-order chi connectivity index (χ0) is 18.5. The molecule has 0 fully saturated rings. The van der Waals surface area contributed by atoms with Crippen LogP contribution in [-0.2, 0) is 4.79 Å². The van der Waals surface area contributed by atoms with Crippen LogP contribution in [0.2, 0.25) is 0 Å². The summed E-state index contributed by atoms with van der Waals surface area (Å²) in [7, 11) is 3.87. The molecule has 0 aliphatic rings. The van der Waals surface area contributed by atoms with Crippen LogP contribution in [0.15, 0.2) is 60.7 Å². The average Bonchev–Trinajstić information content (AvgIpc) is 2.66. The number of hydrogen-bond donors (Lipinski definition) is 2. The fraction of sp³-hybridized carbons (Fsp3) is 0.238. The number of anilines is 2. The monoisotopic (exact) mass is 348 g/mol. The molecule has 3 aromatic rings. The van der Waals surface area contributed by atoms with Gasteiger partial charge < -0.3 is 15.5 Å². The van der Waals surface area contributed by atoms with Crippen molar-refractivity contribution in [3.8, 4) is 0 Å². The molecule has 0 spiro atoms. The molecule has 0 aliphatic heterocycles. The van der Waals surface area contributed by atoms with Crippen LogP contribution >= 0.6 is 0 Å². The molecule has 1 heterocycles. The van der Waals surface area contributed by atoms with Gasteiger partial charge in [0, 0.05) is 31.6 Å². The summed E-state index contributed by atoms with van der Waals surface area (Å²) in [5.41, 5.74) is 2.79. The van der Waals surface area contributed by atoms with Gasteiger partial charge in [-0.1, -0.05) is 48.5 Å². The predicted octanol–water partition coefficient (Wildman–Crippen LogP) is 3.59. The molecule has 0 saturated carbocycles. The summed E-state index contributed by atoms with van der Waals surface area (Å²) in [6.45, 7) is 2.29. The average molecular weight is 348 g/mol. The van der Waals surface area contributed by atoms with Gasteiger partial charge in [0.25, 0.3) is 0 Å². The van der Waals surface area contributed by atoms with Gasteiger partial charge in [-0.2, -0.15) is 0 Å². The van der Waals surface area contributed by atoms with Crippen molar-refractivity contribution in [1.29, 1.82) is 0 Å². The Kier molecular flexibility index (Phi) is 5.49. The summed E-state index contributed by atoms with van der Waals surface area (Å²) < 4.78 is 0. The number of rotatable bonds is 6. The molecular formula is C21H24N4O. The van der Waals surface area contributed by atoms with Crippen LogP contribution in [0.4, 0.5) is 11.5 Å². The molecule has 0 aliphatic carbocycles. The first-order chi connectivity index (χ1) is 12.5. The van der Waals surface area contributed by atoms with E-state index in [1.165, 1.54) is 0 Å². The van der Waals surface area contributed by atoms with Gasteiger partial charge in [-0.05, 0) is 18.6 Å². The summed E-state index contributed by atoms with van der Waals surface area (Å²) >= 11 is 0. The lowest BCUT2D eigenvalue weighted by Crippen LogP contribution is -2.30. The van der Waals surface area contributed by atoms with Crippen molar-refractivity contribution >= 4 is 28.3 Å². The van der Waals surface area contributed by atoms with Crippen molar-refractivity contribution in [2.24, 2.45) is 0 Å². The number of benzene rings is 2. The number of para-hydroxylation sites is 1. The Bertz CT molecular complexity index is 893. The molecule has 0 radical (unpaired) electrons. The molecule has 5 heteroatoms. The Morgan fingerprint density at radius 2 is 1.77 bits per heavy atom. The summed E-state index contributed by atoms with van der Waals surface area (Å²) in [4.78, 5) is 19.0. The highest BCUT2D eigenvalue weighted by atomic mass is 16.1. The van der Waals surface area contributed by atoms with Crippen LogP contribution < -0.4 is 15.5 Å². The van der Waals surface area contributed by atoms with Crippen molar-refractivity contribution in [2.75, 3.05) is 30.9 Å². The molecule has 3 rings (SSSR count). The van der Waals surface area contributed by atoms with Crippen molar-refractivity contribution in [2.45, 2.75) is 13.0 Å². The van der Waals surface area contributed by atoms with Crippen molar-refractivity contribution in [1.82, 2.24) is 10.3 Å². The van der Waals surface area contributed by atoms with E-state index < -0.39 is 0 Å². The number of amides is 1. The lowest BCUT2D eigenvalue weighted by molar-refractivity contribution is -0.115. The highest BCUT2D eigenvalue weighted by Crippen LogP contribution is 2.26. The van der Waals surface area contributed by atoms with Crippen molar-refractivity contribution < 1.29 is 4.79 Å². The van der Waals surface area contributed by atoms with E-state index in [2.05, 4.69) is 34.7 Å². The van der Waals surface area contributed by atoms with Crippen LogP contribution in [0.25, 0.3) is 10.9 Å². The second kappa shape index (κ2) is 7.97. The topological polar surface area (TPSA) is 57.3 Å². The SMILES string of the molecule is C[C@@H](NCC(=O)Nc1cc(N(C)C)nc2ccccc12)c1ccccc1. The number of carbonyl (C=O) groups is 1. The lowest BCUT2D eigenvalue weighted by atomic mass is 10.1. The number of hydrogen-bond acceptors (Lipinski definition) is 4. The molecule has 26 heavy (non-hydrogen) atoms. The quantitative estimate of drug-likeness (QED) is 0.715. The first-order valence-corrected chi connectivity index (χ1v) is 8.70. The van der Waals surface area contributed by atoms with Gasteiger partial charge in [-0.15, -0.1) is 0 Å². The fourth-order valence-corrected chi connectivity index (χ4v) is 2.79. The Morgan fingerprint density at radius 3 is 2.50 bits per heavy atom. The number of fused-ring (bicyclic) bond motifs is 1. The third kappa shape index (κ3) is 4.18. The number of carbonyl (C=O) groups excluding carboxylic acids is 1. The molecule has 0 unspecified atom stereocenters. The molecule has 0 bridgehead atoms. The largest absolute Gasteiger partial charge is 0.363 e. The van der Waals surface area contributed by atoms with E-state index in [-0.39, 0.29) is 18.5 Å². The lowest BCUT2D eigenvalue weighted by Gasteiger charge is -2.17. The molecule has 5 nitrogen and oxygen atoms in total. The molecular weight excluding hydrogens is 324 g/mol. The first kappa shape index (κ1) is 17.9. The van der Waals surface area contributed by atoms with Gasteiger partial charge in [0.1, 0.15) is 5.82 Å². The third-order valence-electron chi connectivity index (χ3n) is 4.30. The van der Waals surface area contributed by atoms with Gasteiger partial charge in [0.2, 0.25) is 5.91 Å². The van der Waals surface area contributed by atoms with Gasteiger partial charge in [0.15, 0.2) is 0 Å². The molecule has 1 aromatic heterocycles. The Balaban J connectivity index is 1.73. The maximum atomic E-state index is 12.5. The Morgan fingerprint density at radius 1 is 1.08 bits per heavy atom. The number of pyridine rings is 1. The van der Waals surface area contributed by atoms with E-state index >= 15 is 0 Å². The molecule has 2 aromatic carbocycles. The van der Waals surface area contributed by atoms with Crippen LogP contribution in [0, 0.1) is 0 Å². The van der Waals surface area contributed by atoms with E-state index in [1.807, 2.05) is 67.5 Å². The molecule has 134 valence electrons. The zero-order valence-electron chi connectivity index (χ0n) is 15.4. The molecule has 0 saturated heterocycles. The molecule has 1 atom stereocenters. The minimum Gasteiger partial charge on any atom is -0.363 e. The fourth-order valence-electron chi connectivity index (χ4n) is 2.79. The van der Waals surface area contributed by atoms with Gasteiger partial charge >= 0.3 is 0 Å². The van der Waals surface area contributed by atoms with Crippen LogP contribution in [0.1, 0.15) is 18.5 Å². The summed E-state index contributed by atoms with van der Waals surface area (Å²) in [5.74, 6) is 0.735. The second-order valence-corrected chi connectivity index (χ2v) is 6.50. The zero-order valence-corrected chi connectivity index (χ0v) is 15.4. The van der Waals surface area contributed by atoms with Crippen molar-refractivity contribution in [3.05, 3.63) is 66.2 Å². The standard InChI is InChI=1S/C21H24N4O/c1-15(16-9-5-4-6-10-16)22-14-21(26)24-19-13-20(25(2)3)23-18-12-8-7-11-17(18)19/h4-13,15,22H,14H2,1-3H3,(H,23,24,26)/t15-/m1/s1. The highest BCUT2D eigenvalue weighted by molar-refractivity contribution is 6.02. The summed E-state index contributed by atoms with van der Waals surface area (Å²) in [6.07, 6.45) is 0. The summed E-state index contributed by atoms with van der Waals surface area (Å²) in [5, 5.41) is 7.22. The maximum absolute atomic E-state index is 12.5. The van der Waals surface area contributed by atoms with Gasteiger partial charge in [-0.25, -0.2) is 4.98 Å².